The van der Waals surface area contributed by atoms with E-state index >= 15 is 0 Å². The van der Waals surface area contributed by atoms with Gasteiger partial charge in [0.25, 0.3) is 11.6 Å². The lowest BCUT2D eigenvalue weighted by Gasteiger charge is -2.14. The summed E-state index contributed by atoms with van der Waals surface area (Å²) in [6, 6.07) is 1.78. The van der Waals surface area contributed by atoms with Crippen molar-refractivity contribution in [3.05, 3.63) is 23.5 Å². The highest BCUT2D eigenvalue weighted by atomic mass is 35.5. The van der Waals surface area contributed by atoms with Crippen molar-refractivity contribution in [2.45, 2.75) is 26.2 Å². The zero-order valence-electron chi connectivity index (χ0n) is 14.5. The van der Waals surface area contributed by atoms with E-state index in [1.165, 1.54) is 6.20 Å². The van der Waals surface area contributed by atoms with Gasteiger partial charge in [0.15, 0.2) is 0 Å². The van der Waals surface area contributed by atoms with Gasteiger partial charge in [-0.25, -0.2) is 4.98 Å². The van der Waals surface area contributed by atoms with Crippen LogP contribution in [-0.2, 0) is 10.2 Å². The molecule has 0 aliphatic heterocycles. The number of amides is 1. The molecule has 0 fully saturated rings. The van der Waals surface area contributed by atoms with Crippen molar-refractivity contribution in [1.29, 1.82) is 0 Å². The molecule has 7 nitrogen and oxygen atoms in total. The second-order valence-corrected chi connectivity index (χ2v) is 6.36. The van der Waals surface area contributed by atoms with Crippen LogP contribution < -0.4 is 10.6 Å². The van der Waals surface area contributed by atoms with E-state index in [1.807, 2.05) is 20.8 Å². The second-order valence-electron chi connectivity index (χ2n) is 6.36. The third-order valence-corrected chi connectivity index (χ3v) is 3.37. The molecule has 0 atom stereocenters. The van der Waals surface area contributed by atoms with E-state index in [0.29, 0.717) is 31.0 Å². The molecule has 24 heavy (non-hydrogen) atoms. The molecule has 2 heterocycles. The predicted molar refractivity (Wildman–Crippen MR) is 94.8 cm³/mol. The van der Waals surface area contributed by atoms with Crippen molar-refractivity contribution in [3.8, 4) is 0 Å². The highest BCUT2D eigenvalue weighted by Gasteiger charge is 2.23. The van der Waals surface area contributed by atoms with Crippen LogP contribution in [0.1, 0.15) is 36.8 Å². The van der Waals surface area contributed by atoms with Crippen LogP contribution in [0, 0.1) is 0 Å². The summed E-state index contributed by atoms with van der Waals surface area (Å²) in [5.74, 6) is -0.158. The average Bonchev–Trinajstić information content (AvgIpc) is 2.93. The summed E-state index contributed by atoms with van der Waals surface area (Å²) in [5, 5.41) is 10.9. The number of halogens is 1. The summed E-state index contributed by atoms with van der Waals surface area (Å²) in [5.41, 5.74) is 1.58. The third-order valence-electron chi connectivity index (χ3n) is 3.37. The molecule has 0 radical (unpaired) electrons. The molecule has 0 aliphatic rings. The van der Waals surface area contributed by atoms with Crippen LogP contribution in [0.15, 0.2) is 16.8 Å². The van der Waals surface area contributed by atoms with Crippen molar-refractivity contribution < 1.29 is 14.1 Å². The Labute approximate surface area is 147 Å². The molecule has 0 bridgehead atoms. The molecule has 0 saturated heterocycles. The van der Waals surface area contributed by atoms with E-state index in [9.17, 15) is 4.79 Å². The fraction of sp³-hybridized carbons (Fsp3) is 0.562. The Morgan fingerprint density at radius 1 is 1.29 bits per heavy atom. The number of nitrogens with zero attached hydrogens (tertiary/aromatic N) is 2. The van der Waals surface area contributed by atoms with E-state index in [4.69, 9.17) is 9.26 Å². The summed E-state index contributed by atoms with van der Waals surface area (Å²) >= 11 is 0. The number of methoxy groups -OCH3 is 1. The van der Waals surface area contributed by atoms with E-state index in [1.54, 1.807) is 13.2 Å². The van der Waals surface area contributed by atoms with Crippen LogP contribution in [0.4, 0.5) is 0 Å². The largest absolute Gasteiger partial charge is 0.383 e. The van der Waals surface area contributed by atoms with Gasteiger partial charge in [0.05, 0.1) is 23.3 Å². The van der Waals surface area contributed by atoms with Crippen molar-refractivity contribution in [2.75, 3.05) is 33.4 Å². The molecule has 2 aromatic rings. The first kappa shape index (κ1) is 20.3. The summed E-state index contributed by atoms with van der Waals surface area (Å²) in [7, 11) is 1.66. The first-order valence-corrected chi connectivity index (χ1v) is 7.67. The Morgan fingerprint density at radius 2 is 2.04 bits per heavy atom. The maximum atomic E-state index is 12.2. The summed E-state index contributed by atoms with van der Waals surface area (Å²) in [4.78, 5) is 16.4. The lowest BCUT2D eigenvalue weighted by atomic mass is 9.90. The molecule has 2 rings (SSSR count). The maximum Gasteiger partial charge on any atom is 0.257 e. The van der Waals surface area contributed by atoms with Gasteiger partial charge in [0.2, 0.25) is 0 Å². The predicted octanol–water partition coefficient (Wildman–Crippen LogP) is 1.91. The van der Waals surface area contributed by atoms with Crippen LogP contribution in [0.3, 0.4) is 0 Å². The van der Waals surface area contributed by atoms with Gasteiger partial charge in [-0.05, 0) is 6.07 Å². The Bertz CT molecular complexity index is 667. The van der Waals surface area contributed by atoms with Crippen LogP contribution in [0.2, 0.25) is 0 Å². The minimum absolute atomic E-state index is 0. The zero-order valence-corrected chi connectivity index (χ0v) is 15.3. The number of hydrogen-bond acceptors (Lipinski definition) is 6. The van der Waals surface area contributed by atoms with Crippen molar-refractivity contribution in [1.82, 2.24) is 20.8 Å². The Morgan fingerprint density at radius 3 is 2.71 bits per heavy atom. The first-order valence-electron chi connectivity index (χ1n) is 7.67. The number of carbonyl (C=O) groups is 1. The van der Waals surface area contributed by atoms with Crippen LogP contribution >= 0.6 is 12.4 Å². The molecular weight excluding hydrogens is 332 g/mol. The van der Waals surface area contributed by atoms with Gasteiger partial charge in [-0.3, -0.25) is 4.79 Å². The molecule has 0 spiro atoms. The van der Waals surface area contributed by atoms with E-state index < -0.39 is 0 Å². The van der Waals surface area contributed by atoms with Gasteiger partial charge in [-0.2, -0.15) is 0 Å². The monoisotopic (exact) mass is 356 g/mol. The topological polar surface area (TPSA) is 89.3 Å². The second kappa shape index (κ2) is 8.96. The number of aromatic nitrogens is 2. The summed E-state index contributed by atoms with van der Waals surface area (Å²) in [6.07, 6.45) is 1.51. The Hall–Kier alpha value is -1.70. The molecule has 8 heteroatoms. The number of rotatable bonds is 7. The third kappa shape index (κ3) is 5.15. The standard InChI is InChI=1S/C16H24N4O3.ClH/c1-16(2,3)13-12-9-11(10-19-15(12)23-20-13)14(21)18-6-5-17-7-8-22-4;/h9-10,17H,5-8H2,1-4H3,(H,18,21);1H. The Kier molecular flexibility index (Phi) is 7.59. The zero-order chi connectivity index (χ0) is 16.9. The number of ether oxygens (including phenoxy) is 1. The highest BCUT2D eigenvalue weighted by Crippen LogP contribution is 2.28. The summed E-state index contributed by atoms with van der Waals surface area (Å²) in [6.45, 7) is 8.77. The van der Waals surface area contributed by atoms with Gasteiger partial charge in [-0.1, -0.05) is 25.9 Å². The number of fused-ring (bicyclic) bond motifs is 1. The Balaban J connectivity index is 0.00000288. The molecule has 2 aromatic heterocycles. The van der Waals surface area contributed by atoms with Gasteiger partial charge in [0.1, 0.15) is 0 Å². The molecule has 0 aromatic carbocycles. The number of hydrogen-bond donors (Lipinski definition) is 2. The van der Waals surface area contributed by atoms with Crippen LogP contribution in [0.5, 0.6) is 0 Å². The molecule has 0 aliphatic carbocycles. The van der Waals surface area contributed by atoms with E-state index in [0.717, 1.165) is 17.6 Å². The van der Waals surface area contributed by atoms with Crippen LogP contribution in [-0.4, -0.2) is 49.4 Å². The van der Waals surface area contributed by atoms with Crippen molar-refractivity contribution in [3.63, 3.8) is 0 Å². The van der Waals surface area contributed by atoms with Crippen LogP contribution in [0.25, 0.3) is 11.1 Å². The van der Waals surface area contributed by atoms with E-state index in [2.05, 4.69) is 20.8 Å². The van der Waals surface area contributed by atoms with Gasteiger partial charge >= 0.3 is 0 Å². The molecular formula is C16H25ClN4O3. The smallest absolute Gasteiger partial charge is 0.257 e. The lowest BCUT2D eigenvalue weighted by Crippen LogP contribution is -2.33. The van der Waals surface area contributed by atoms with E-state index in [-0.39, 0.29) is 23.7 Å². The fourth-order valence-electron chi connectivity index (χ4n) is 2.16. The van der Waals surface area contributed by atoms with Crippen molar-refractivity contribution >= 4 is 29.4 Å². The van der Waals surface area contributed by atoms with Gasteiger partial charge in [-0.15, -0.1) is 12.4 Å². The normalized spacial score (nSPS) is 11.3. The number of pyridine rings is 1. The molecule has 0 saturated carbocycles. The fourth-order valence-corrected chi connectivity index (χ4v) is 2.16. The molecule has 0 unspecified atom stereocenters. The average molecular weight is 357 g/mol. The maximum absolute atomic E-state index is 12.2. The first-order chi connectivity index (χ1) is 10.9. The van der Waals surface area contributed by atoms with Crippen molar-refractivity contribution in [2.24, 2.45) is 0 Å². The number of carbonyl (C=O) groups excluding carboxylic acids is 1. The summed E-state index contributed by atoms with van der Waals surface area (Å²) < 4.78 is 10.2. The molecule has 2 N–H and O–H groups in total. The molecule has 134 valence electrons. The minimum atomic E-state index is -0.173. The number of nitrogens with one attached hydrogen (secondary N) is 2. The highest BCUT2D eigenvalue weighted by molar-refractivity contribution is 5.97. The lowest BCUT2D eigenvalue weighted by molar-refractivity contribution is 0.0953. The van der Waals surface area contributed by atoms with Gasteiger partial charge < -0.3 is 19.9 Å². The quantitative estimate of drug-likeness (QED) is 0.736. The van der Waals surface area contributed by atoms with Gasteiger partial charge in [0, 0.05) is 38.4 Å². The SMILES string of the molecule is COCCNCCNC(=O)c1cnc2onc(C(C)(C)C)c2c1.Cl. The minimum Gasteiger partial charge on any atom is -0.383 e. The molecule has 1 amide bonds.